The van der Waals surface area contributed by atoms with Crippen molar-refractivity contribution in [1.82, 2.24) is 0 Å². The monoisotopic (exact) mass is 181 g/mol. The predicted molar refractivity (Wildman–Crippen MR) is 36.8 cm³/mol. The Morgan fingerprint density at radius 1 is 1.33 bits per heavy atom. The second kappa shape index (κ2) is 3.63. The maximum Gasteiger partial charge on any atom is 0.217 e. The largest absolute Gasteiger partial charge is 0.394 e. The normalized spacial score (nSPS) is 49.2. The van der Waals surface area contributed by atoms with E-state index in [2.05, 4.69) is 4.74 Å². The standard InChI is InChI=1S/C6H12FNO4/c7-6-3(8)5(11)4(10)2(1-9)12-6/h2-6,9-11H,1,8H2/t2-,3-,4-,5-,6+/m1/s1. The van der Waals surface area contributed by atoms with Gasteiger partial charge in [0.15, 0.2) is 0 Å². The van der Waals surface area contributed by atoms with Gasteiger partial charge in [0.2, 0.25) is 6.36 Å². The number of nitrogens with two attached hydrogens (primary N) is 1. The summed E-state index contributed by atoms with van der Waals surface area (Å²) in [5.41, 5.74) is 5.14. The SMILES string of the molecule is N[C@@H]1[C@@H](O)[C@H](O)[C@@H](CO)O[C@@H]1F. The van der Waals surface area contributed by atoms with Crippen molar-refractivity contribution in [2.75, 3.05) is 6.61 Å². The molecule has 1 saturated heterocycles. The number of halogens is 1. The zero-order valence-electron chi connectivity index (χ0n) is 6.30. The highest BCUT2D eigenvalue weighted by Crippen LogP contribution is 2.19. The molecule has 6 heteroatoms. The van der Waals surface area contributed by atoms with Crippen LogP contribution in [0.15, 0.2) is 0 Å². The molecule has 1 heterocycles. The Morgan fingerprint density at radius 3 is 2.42 bits per heavy atom. The first-order chi connectivity index (χ1) is 5.57. The third-order valence-electron chi connectivity index (χ3n) is 1.91. The summed E-state index contributed by atoms with van der Waals surface area (Å²) in [6.07, 6.45) is -5.68. The van der Waals surface area contributed by atoms with E-state index >= 15 is 0 Å². The molecule has 0 aliphatic carbocycles. The van der Waals surface area contributed by atoms with Gasteiger partial charge in [-0.3, -0.25) is 0 Å². The minimum atomic E-state index is -1.85. The molecule has 0 unspecified atom stereocenters. The lowest BCUT2D eigenvalue weighted by Gasteiger charge is -2.37. The summed E-state index contributed by atoms with van der Waals surface area (Å²) in [5.74, 6) is 0. The molecule has 0 aromatic heterocycles. The second-order valence-electron chi connectivity index (χ2n) is 2.77. The van der Waals surface area contributed by atoms with Crippen LogP contribution in [0, 0.1) is 0 Å². The predicted octanol–water partition coefficient (Wildman–Crippen LogP) is -2.28. The molecule has 0 radical (unpaired) electrons. The van der Waals surface area contributed by atoms with E-state index < -0.39 is 37.3 Å². The van der Waals surface area contributed by atoms with E-state index in [0.717, 1.165) is 0 Å². The molecule has 72 valence electrons. The summed E-state index contributed by atoms with van der Waals surface area (Å²) in [7, 11) is 0. The van der Waals surface area contributed by atoms with E-state index in [9.17, 15) is 4.39 Å². The molecule has 0 aromatic carbocycles. The average Bonchev–Trinajstić information content (AvgIpc) is 2.08. The molecule has 0 saturated carbocycles. The third kappa shape index (κ3) is 1.57. The molecule has 1 aliphatic rings. The molecule has 5 N–H and O–H groups in total. The Kier molecular flexibility index (Phi) is 2.97. The number of alkyl halides is 1. The summed E-state index contributed by atoms with van der Waals surface area (Å²) in [5, 5.41) is 26.8. The Bertz CT molecular complexity index is 154. The van der Waals surface area contributed by atoms with Gasteiger partial charge in [-0.25, -0.2) is 4.39 Å². The summed E-state index contributed by atoms with van der Waals surface area (Å²) < 4.78 is 17.2. The third-order valence-corrected chi connectivity index (χ3v) is 1.91. The van der Waals surface area contributed by atoms with Crippen LogP contribution in [0.1, 0.15) is 0 Å². The van der Waals surface area contributed by atoms with Crippen LogP contribution in [0.4, 0.5) is 4.39 Å². The van der Waals surface area contributed by atoms with Gasteiger partial charge >= 0.3 is 0 Å². The first kappa shape index (κ1) is 9.82. The lowest BCUT2D eigenvalue weighted by Crippen LogP contribution is -2.60. The van der Waals surface area contributed by atoms with Gasteiger partial charge < -0.3 is 25.8 Å². The van der Waals surface area contributed by atoms with Crippen molar-refractivity contribution in [1.29, 1.82) is 0 Å². The average molecular weight is 181 g/mol. The van der Waals surface area contributed by atoms with Crippen LogP contribution < -0.4 is 5.73 Å². The molecule has 1 rings (SSSR count). The number of aliphatic hydroxyl groups is 3. The molecule has 1 fully saturated rings. The van der Waals surface area contributed by atoms with E-state index in [0.29, 0.717) is 0 Å². The van der Waals surface area contributed by atoms with E-state index in [-0.39, 0.29) is 0 Å². The minimum absolute atomic E-state index is 0.550. The molecular weight excluding hydrogens is 169 g/mol. The van der Waals surface area contributed by atoms with Gasteiger partial charge in [-0.15, -0.1) is 0 Å². The van der Waals surface area contributed by atoms with Crippen LogP contribution in [-0.2, 0) is 4.74 Å². The Balaban J connectivity index is 2.63. The second-order valence-corrected chi connectivity index (χ2v) is 2.77. The number of aliphatic hydroxyl groups excluding tert-OH is 3. The van der Waals surface area contributed by atoms with Crippen molar-refractivity contribution in [3.05, 3.63) is 0 Å². The van der Waals surface area contributed by atoms with Gasteiger partial charge in [-0.1, -0.05) is 0 Å². The topological polar surface area (TPSA) is 95.9 Å². The summed E-state index contributed by atoms with van der Waals surface area (Å²) in [6, 6.07) is -1.26. The molecular formula is C6H12FNO4. The Morgan fingerprint density at radius 2 is 1.92 bits per heavy atom. The van der Waals surface area contributed by atoms with E-state index in [1.807, 2.05) is 0 Å². The molecule has 0 bridgehead atoms. The lowest BCUT2D eigenvalue weighted by atomic mass is 9.98. The van der Waals surface area contributed by atoms with E-state index in [4.69, 9.17) is 21.1 Å². The van der Waals surface area contributed by atoms with E-state index in [1.54, 1.807) is 0 Å². The van der Waals surface area contributed by atoms with Gasteiger partial charge in [0.1, 0.15) is 18.3 Å². The molecule has 5 atom stereocenters. The van der Waals surface area contributed by atoms with Crippen molar-refractivity contribution >= 4 is 0 Å². The molecule has 0 amide bonds. The summed E-state index contributed by atoms with van der Waals surface area (Å²) in [4.78, 5) is 0. The molecule has 1 aliphatic heterocycles. The first-order valence-corrected chi connectivity index (χ1v) is 3.60. The van der Waals surface area contributed by atoms with Gasteiger partial charge in [0, 0.05) is 0 Å². The van der Waals surface area contributed by atoms with Gasteiger partial charge in [-0.2, -0.15) is 0 Å². The number of hydrogen-bond acceptors (Lipinski definition) is 5. The Labute approximate surface area is 68.6 Å². The number of rotatable bonds is 1. The molecule has 5 nitrogen and oxygen atoms in total. The van der Waals surface area contributed by atoms with Crippen molar-refractivity contribution < 1.29 is 24.4 Å². The van der Waals surface area contributed by atoms with Crippen molar-refractivity contribution in [2.24, 2.45) is 5.73 Å². The fourth-order valence-electron chi connectivity index (χ4n) is 1.09. The summed E-state index contributed by atoms with van der Waals surface area (Å²) in [6.45, 7) is -0.550. The van der Waals surface area contributed by atoms with Crippen LogP contribution in [0.2, 0.25) is 0 Å². The zero-order chi connectivity index (χ0) is 9.30. The van der Waals surface area contributed by atoms with Gasteiger partial charge in [0.05, 0.1) is 12.6 Å². The molecule has 0 spiro atoms. The fourth-order valence-corrected chi connectivity index (χ4v) is 1.09. The highest BCUT2D eigenvalue weighted by atomic mass is 19.1. The van der Waals surface area contributed by atoms with Crippen LogP contribution in [0.3, 0.4) is 0 Å². The fraction of sp³-hybridized carbons (Fsp3) is 1.00. The van der Waals surface area contributed by atoms with Crippen molar-refractivity contribution in [3.8, 4) is 0 Å². The smallest absolute Gasteiger partial charge is 0.217 e. The maximum absolute atomic E-state index is 12.7. The van der Waals surface area contributed by atoms with Crippen LogP contribution >= 0.6 is 0 Å². The van der Waals surface area contributed by atoms with Crippen molar-refractivity contribution in [2.45, 2.75) is 30.7 Å². The van der Waals surface area contributed by atoms with Gasteiger partial charge in [-0.05, 0) is 0 Å². The highest BCUT2D eigenvalue weighted by molar-refractivity contribution is 4.90. The first-order valence-electron chi connectivity index (χ1n) is 3.60. The molecule has 0 aromatic rings. The number of hydrogen-bond donors (Lipinski definition) is 4. The molecule has 12 heavy (non-hydrogen) atoms. The number of ether oxygens (including phenoxy) is 1. The highest BCUT2D eigenvalue weighted by Gasteiger charge is 2.42. The quantitative estimate of drug-likeness (QED) is 0.365. The van der Waals surface area contributed by atoms with Crippen molar-refractivity contribution in [3.63, 3.8) is 0 Å². The maximum atomic E-state index is 12.7. The van der Waals surface area contributed by atoms with Crippen LogP contribution in [0.25, 0.3) is 0 Å². The van der Waals surface area contributed by atoms with E-state index in [1.165, 1.54) is 0 Å². The lowest BCUT2D eigenvalue weighted by molar-refractivity contribution is -0.223. The minimum Gasteiger partial charge on any atom is -0.394 e. The Hall–Kier alpha value is -0.270. The summed E-state index contributed by atoms with van der Waals surface area (Å²) >= 11 is 0. The van der Waals surface area contributed by atoms with Crippen LogP contribution in [-0.4, -0.2) is 52.6 Å². The van der Waals surface area contributed by atoms with Gasteiger partial charge in [0.25, 0.3) is 0 Å². The van der Waals surface area contributed by atoms with Crippen LogP contribution in [0.5, 0.6) is 0 Å². The zero-order valence-corrected chi connectivity index (χ0v) is 6.30.